The molecule has 0 radical (unpaired) electrons. The molecule has 0 saturated heterocycles. The van der Waals surface area contributed by atoms with Gasteiger partial charge in [0.25, 0.3) is 0 Å². The monoisotopic (exact) mass is 266 g/mol. The molecule has 0 fully saturated rings. The maximum Gasteiger partial charge on any atom is 0.335 e. The Hall–Kier alpha value is -1.43. The number of carbonyl (C=O) groups is 2. The molecule has 8 heteroatoms. The highest BCUT2D eigenvalue weighted by atomic mass is 31.1. The van der Waals surface area contributed by atoms with E-state index in [1.807, 2.05) is 0 Å². The number of esters is 2. The van der Waals surface area contributed by atoms with Gasteiger partial charge >= 0.3 is 20.2 Å². The van der Waals surface area contributed by atoms with Crippen LogP contribution in [0.5, 0.6) is 0 Å². The number of hydrogen-bond donors (Lipinski definition) is 2. The lowest BCUT2D eigenvalue weighted by atomic mass is 10.4. The Kier molecular flexibility index (Phi) is 10.3. The van der Waals surface area contributed by atoms with Gasteiger partial charge in [0, 0.05) is 11.1 Å². The van der Waals surface area contributed by atoms with Crippen LogP contribution in [0.2, 0.25) is 0 Å². The second-order valence-electron chi connectivity index (χ2n) is 2.82. The molecular formula is C9H15O7P. The third kappa shape index (κ3) is 14.6. The fourth-order valence-electron chi connectivity index (χ4n) is 0.383. The summed E-state index contributed by atoms with van der Waals surface area (Å²) in [5, 5.41) is 0. The van der Waals surface area contributed by atoms with E-state index < -0.39 is 27.0 Å². The van der Waals surface area contributed by atoms with E-state index in [1.54, 1.807) is 0 Å². The molecule has 0 aliphatic carbocycles. The van der Waals surface area contributed by atoms with E-state index in [0.29, 0.717) is 0 Å². The number of ether oxygens (including phenoxy) is 2. The van der Waals surface area contributed by atoms with E-state index in [9.17, 15) is 9.59 Å². The molecule has 0 saturated carbocycles. The molecule has 7 nitrogen and oxygen atoms in total. The van der Waals surface area contributed by atoms with Crippen molar-refractivity contribution in [3.8, 4) is 0 Å². The van der Waals surface area contributed by atoms with Gasteiger partial charge in [0.2, 0.25) is 6.79 Å². The molecule has 0 aliphatic rings. The van der Waals surface area contributed by atoms with Crippen molar-refractivity contribution in [1.29, 1.82) is 0 Å². The van der Waals surface area contributed by atoms with Gasteiger partial charge in [-0.2, -0.15) is 0 Å². The smallest absolute Gasteiger partial charge is 0.335 e. The van der Waals surface area contributed by atoms with Gasteiger partial charge in [0.05, 0.1) is 0 Å². The summed E-state index contributed by atoms with van der Waals surface area (Å²) in [5.74, 6) is -1.18. The minimum absolute atomic E-state index is 0.256. The molecule has 2 N–H and O–H groups in total. The summed E-state index contributed by atoms with van der Waals surface area (Å²) in [7, 11) is -3.13. The molecule has 0 aliphatic heterocycles. The maximum absolute atomic E-state index is 10.8. The van der Waals surface area contributed by atoms with Crippen LogP contribution in [0.3, 0.4) is 0 Å². The fraction of sp³-hybridized carbons (Fsp3) is 0.333. The van der Waals surface area contributed by atoms with Crippen molar-refractivity contribution < 1.29 is 33.4 Å². The van der Waals surface area contributed by atoms with Gasteiger partial charge in [-0.1, -0.05) is 13.2 Å². The van der Waals surface area contributed by atoms with Crippen molar-refractivity contribution in [3.63, 3.8) is 0 Å². The Morgan fingerprint density at radius 3 is 1.47 bits per heavy atom. The highest BCUT2D eigenvalue weighted by Gasteiger charge is 2.06. The van der Waals surface area contributed by atoms with Crippen LogP contribution in [0.25, 0.3) is 0 Å². The summed E-state index contributed by atoms with van der Waals surface area (Å²) in [5.41, 5.74) is 0.512. The van der Waals surface area contributed by atoms with Gasteiger partial charge in [0.15, 0.2) is 0 Å². The van der Waals surface area contributed by atoms with E-state index >= 15 is 0 Å². The standard InChI is InChI=1S/C9H12O4.H3O3P/c1-6(2)8(10)12-5-13-9(11)7(3)4;1-4(2)3/h1,3,5H2,2,4H3;4H,(H2,1,2,3). The van der Waals surface area contributed by atoms with E-state index in [-0.39, 0.29) is 11.1 Å². The second-order valence-corrected chi connectivity index (χ2v) is 3.39. The van der Waals surface area contributed by atoms with Crippen LogP contribution in [-0.4, -0.2) is 28.5 Å². The molecule has 0 aromatic heterocycles. The first-order valence-corrected chi connectivity index (χ1v) is 5.55. The molecule has 98 valence electrons. The zero-order valence-electron chi connectivity index (χ0n) is 9.56. The third-order valence-corrected chi connectivity index (χ3v) is 1.08. The molecule has 0 bridgehead atoms. The first-order valence-electron chi connectivity index (χ1n) is 4.25. The summed E-state index contributed by atoms with van der Waals surface area (Å²) in [6.45, 7) is 9.31. The van der Waals surface area contributed by atoms with Crippen molar-refractivity contribution in [2.45, 2.75) is 13.8 Å². The molecule has 0 rings (SSSR count). The van der Waals surface area contributed by atoms with Gasteiger partial charge in [-0.3, -0.25) is 4.57 Å². The maximum atomic E-state index is 10.8. The lowest BCUT2D eigenvalue weighted by Crippen LogP contribution is -2.13. The van der Waals surface area contributed by atoms with Crippen LogP contribution in [0, 0.1) is 0 Å². The lowest BCUT2D eigenvalue weighted by molar-refractivity contribution is -0.161. The largest absolute Gasteiger partial charge is 0.425 e. The third-order valence-electron chi connectivity index (χ3n) is 1.08. The molecule has 0 atom stereocenters. The van der Waals surface area contributed by atoms with Gasteiger partial charge in [0.1, 0.15) is 0 Å². The summed E-state index contributed by atoms with van der Waals surface area (Å²) >= 11 is 0. The number of carbonyl (C=O) groups excluding carboxylic acids is 2. The minimum atomic E-state index is -3.13. The summed E-state index contributed by atoms with van der Waals surface area (Å²) in [6.07, 6.45) is 0. The Bertz CT molecular complexity index is 304. The first kappa shape index (κ1) is 17.9. The van der Waals surface area contributed by atoms with Crippen LogP contribution in [-0.2, 0) is 23.6 Å². The van der Waals surface area contributed by atoms with Crippen molar-refractivity contribution >= 4 is 20.2 Å². The molecule has 0 heterocycles. The van der Waals surface area contributed by atoms with E-state index in [0.717, 1.165) is 0 Å². The van der Waals surface area contributed by atoms with E-state index in [1.165, 1.54) is 13.8 Å². The highest BCUT2D eigenvalue weighted by Crippen LogP contribution is 1.98. The number of hydrogen-bond acceptors (Lipinski definition) is 5. The average molecular weight is 266 g/mol. The van der Waals surface area contributed by atoms with E-state index in [4.69, 9.17) is 14.4 Å². The van der Waals surface area contributed by atoms with Crippen molar-refractivity contribution in [2.75, 3.05) is 6.79 Å². The Balaban J connectivity index is 0. The highest BCUT2D eigenvalue weighted by molar-refractivity contribution is 7.30. The van der Waals surface area contributed by atoms with Crippen LogP contribution in [0.4, 0.5) is 0 Å². The molecule has 17 heavy (non-hydrogen) atoms. The van der Waals surface area contributed by atoms with Gasteiger partial charge in [-0.25, -0.2) is 9.59 Å². The zero-order valence-corrected chi connectivity index (χ0v) is 10.6. The SMILES string of the molecule is C=C(C)C(=O)OCOC(=O)C(=C)C.O=[PH](O)O. The normalized spacial score (nSPS) is 8.76. The fourth-order valence-corrected chi connectivity index (χ4v) is 0.383. The van der Waals surface area contributed by atoms with Crippen LogP contribution in [0.15, 0.2) is 24.3 Å². The molecule has 0 unspecified atom stereocenters. The molecule has 0 spiro atoms. The topological polar surface area (TPSA) is 110 Å². The van der Waals surface area contributed by atoms with Crippen LogP contribution in [0.1, 0.15) is 13.8 Å². The average Bonchev–Trinajstić information content (AvgIpc) is 2.15. The van der Waals surface area contributed by atoms with Crippen molar-refractivity contribution in [3.05, 3.63) is 24.3 Å². The Morgan fingerprint density at radius 1 is 1.06 bits per heavy atom. The van der Waals surface area contributed by atoms with Crippen LogP contribution < -0.4 is 0 Å². The molecule has 0 amide bonds. The summed E-state index contributed by atoms with van der Waals surface area (Å²) < 4.78 is 17.7. The molecule has 0 aromatic carbocycles. The van der Waals surface area contributed by atoms with Crippen molar-refractivity contribution in [2.24, 2.45) is 0 Å². The Morgan fingerprint density at radius 2 is 1.29 bits per heavy atom. The predicted molar refractivity (Wildman–Crippen MR) is 60.1 cm³/mol. The minimum Gasteiger partial charge on any atom is -0.425 e. The van der Waals surface area contributed by atoms with Crippen LogP contribution >= 0.6 is 8.25 Å². The first-order chi connectivity index (χ1) is 7.68. The van der Waals surface area contributed by atoms with Crippen molar-refractivity contribution in [1.82, 2.24) is 0 Å². The summed E-state index contributed by atoms with van der Waals surface area (Å²) in [4.78, 5) is 35.8. The summed E-state index contributed by atoms with van der Waals surface area (Å²) in [6, 6.07) is 0. The van der Waals surface area contributed by atoms with E-state index in [2.05, 4.69) is 22.6 Å². The van der Waals surface area contributed by atoms with Gasteiger partial charge < -0.3 is 19.3 Å². The predicted octanol–water partition coefficient (Wildman–Crippen LogP) is 0.543. The van der Waals surface area contributed by atoms with Gasteiger partial charge in [-0.05, 0) is 13.8 Å². The zero-order chi connectivity index (χ0) is 14.0. The number of rotatable bonds is 4. The second kappa shape index (κ2) is 9.77. The molecule has 0 aromatic rings. The lowest BCUT2D eigenvalue weighted by Gasteiger charge is -2.04. The Labute approximate surface area is 99.3 Å². The molecular weight excluding hydrogens is 251 g/mol. The van der Waals surface area contributed by atoms with Gasteiger partial charge in [-0.15, -0.1) is 0 Å². The quantitative estimate of drug-likeness (QED) is 0.330.